The Balaban J connectivity index is 1.80. The maximum atomic E-state index is 12.0. The number of hydrogen-bond donors (Lipinski definition) is 2. The molecule has 0 bridgehead atoms. The fourth-order valence-corrected chi connectivity index (χ4v) is 3.41. The van der Waals surface area contributed by atoms with E-state index in [0.717, 1.165) is 29.5 Å². The van der Waals surface area contributed by atoms with Crippen LogP contribution in [0.25, 0.3) is 0 Å². The van der Waals surface area contributed by atoms with Gasteiger partial charge in [0.1, 0.15) is 5.75 Å². The van der Waals surface area contributed by atoms with Crippen LogP contribution in [-0.2, 0) is 20.9 Å². The normalized spacial score (nSPS) is 14.7. The van der Waals surface area contributed by atoms with Gasteiger partial charge in [-0.05, 0) is 43.4 Å². The highest BCUT2D eigenvalue weighted by molar-refractivity contribution is 5.78. The summed E-state index contributed by atoms with van der Waals surface area (Å²) in [5.41, 5.74) is 2.99. The van der Waals surface area contributed by atoms with Gasteiger partial charge in [0.15, 0.2) is 6.61 Å². The summed E-state index contributed by atoms with van der Waals surface area (Å²) < 4.78 is 10.1. The third kappa shape index (κ3) is 6.33. The Morgan fingerprint density at radius 2 is 1.77 bits per heavy atom. The molecule has 0 spiro atoms. The van der Waals surface area contributed by atoms with E-state index in [1.165, 1.54) is 26.4 Å². The van der Waals surface area contributed by atoms with Crippen molar-refractivity contribution in [2.45, 2.75) is 58.5 Å². The lowest BCUT2D eigenvalue weighted by Crippen LogP contribution is -2.41. The van der Waals surface area contributed by atoms with E-state index in [0.29, 0.717) is 24.9 Å². The smallest absolute Gasteiger partial charge is 0.343 e. The Hall–Kier alpha value is -2.08. The minimum Gasteiger partial charge on any atom is -0.481 e. The number of aryl methyl sites for hydroxylation is 2. The number of nitrogens with one attached hydrogen (secondary N) is 2. The summed E-state index contributed by atoms with van der Waals surface area (Å²) in [5, 5.41) is 6.30. The molecule has 2 rings (SSSR count). The van der Waals surface area contributed by atoms with Crippen molar-refractivity contribution in [3.8, 4) is 5.75 Å². The molecule has 1 fully saturated rings. The van der Waals surface area contributed by atoms with Crippen molar-refractivity contribution in [1.82, 2.24) is 10.6 Å². The van der Waals surface area contributed by atoms with Crippen molar-refractivity contribution in [2.24, 2.45) is 0 Å². The average molecular weight is 362 g/mol. The standard InChI is InChI=1S/C20H30N2O4/c1-14-9-16(10-15(2)20(14)26-13-19(24)25-3)11-21-12-18(23)22-17-7-5-4-6-8-17/h9-10,17,21H,4-8,11-13H2,1-3H3,(H,22,23). The SMILES string of the molecule is COC(=O)COc1c(C)cc(CNCC(=O)NC2CCCCC2)cc1C. The number of benzene rings is 1. The lowest BCUT2D eigenvalue weighted by atomic mass is 9.95. The summed E-state index contributed by atoms with van der Waals surface area (Å²) in [6, 6.07) is 4.35. The van der Waals surface area contributed by atoms with Crippen LogP contribution >= 0.6 is 0 Å². The molecule has 0 heterocycles. The molecule has 1 aliphatic carbocycles. The maximum Gasteiger partial charge on any atom is 0.343 e. The van der Waals surface area contributed by atoms with Crippen LogP contribution in [0.5, 0.6) is 5.75 Å². The monoisotopic (exact) mass is 362 g/mol. The Morgan fingerprint density at radius 1 is 1.12 bits per heavy atom. The van der Waals surface area contributed by atoms with Crippen LogP contribution in [0.15, 0.2) is 12.1 Å². The van der Waals surface area contributed by atoms with Gasteiger partial charge in [-0.15, -0.1) is 0 Å². The largest absolute Gasteiger partial charge is 0.481 e. The third-order valence-electron chi connectivity index (χ3n) is 4.67. The average Bonchev–Trinajstić information content (AvgIpc) is 2.61. The van der Waals surface area contributed by atoms with Crippen LogP contribution in [0.1, 0.15) is 48.8 Å². The van der Waals surface area contributed by atoms with Gasteiger partial charge < -0.3 is 20.1 Å². The molecule has 0 saturated heterocycles. The van der Waals surface area contributed by atoms with Crippen LogP contribution < -0.4 is 15.4 Å². The summed E-state index contributed by atoms with van der Waals surface area (Å²) in [6.45, 7) is 4.71. The highest BCUT2D eigenvalue weighted by Crippen LogP contribution is 2.25. The molecule has 0 radical (unpaired) electrons. The second kappa shape index (κ2) is 10.2. The van der Waals surface area contributed by atoms with Crippen LogP contribution in [0.2, 0.25) is 0 Å². The quantitative estimate of drug-likeness (QED) is 0.695. The first-order valence-electron chi connectivity index (χ1n) is 9.29. The molecule has 144 valence electrons. The summed E-state index contributed by atoms with van der Waals surface area (Å²) in [4.78, 5) is 23.3. The van der Waals surface area contributed by atoms with Crippen molar-refractivity contribution in [1.29, 1.82) is 0 Å². The number of hydrogen-bond acceptors (Lipinski definition) is 5. The molecule has 1 aromatic carbocycles. The number of carbonyl (C=O) groups excluding carboxylic acids is 2. The first kappa shape index (κ1) is 20.2. The molecule has 1 amide bonds. The first-order chi connectivity index (χ1) is 12.5. The van der Waals surface area contributed by atoms with Gasteiger partial charge in [0.2, 0.25) is 5.91 Å². The van der Waals surface area contributed by atoms with E-state index in [2.05, 4.69) is 15.4 Å². The molecule has 0 atom stereocenters. The Labute approximate surface area is 155 Å². The Morgan fingerprint density at radius 3 is 2.38 bits per heavy atom. The van der Waals surface area contributed by atoms with Gasteiger partial charge in [-0.25, -0.2) is 4.79 Å². The number of methoxy groups -OCH3 is 1. The highest BCUT2D eigenvalue weighted by Gasteiger charge is 2.15. The van der Waals surface area contributed by atoms with E-state index in [1.54, 1.807) is 0 Å². The van der Waals surface area contributed by atoms with Gasteiger partial charge in [0.25, 0.3) is 0 Å². The zero-order chi connectivity index (χ0) is 18.9. The second-order valence-corrected chi connectivity index (χ2v) is 6.93. The van der Waals surface area contributed by atoms with E-state index in [1.807, 2.05) is 26.0 Å². The van der Waals surface area contributed by atoms with Gasteiger partial charge in [-0.3, -0.25) is 4.79 Å². The van der Waals surface area contributed by atoms with Crippen LogP contribution in [0.4, 0.5) is 0 Å². The predicted molar refractivity (Wildman–Crippen MR) is 100 cm³/mol. The van der Waals surface area contributed by atoms with E-state index in [-0.39, 0.29) is 12.5 Å². The molecular formula is C20H30N2O4. The molecule has 6 nitrogen and oxygen atoms in total. The molecule has 0 unspecified atom stereocenters. The van der Waals surface area contributed by atoms with Crippen LogP contribution in [-0.4, -0.2) is 38.2 Å². The first-order valence-corrected chi connectivity index (χ1v) is 9.29. The van der Waals surface area contributed by atoms with E-state index in [9.17, 15) is 9.59 Å². The topological polar surface area (TPSA) is 76.7 Å². The van der Waals surface area contributed by atoms with Crippen molar-refractivity contribution in [2.75, 3.05) is 20.3 Å². The maximum absolute atomic E-state index is 12.0. The lowest BCUT2D eigenvalue weighted by molar-refractivity contribution is -0.142. The van der Waals surface area contributed by atoms with Gasteiger partial charge in [-0.2, -0.15) is 0 Å². The number of rotatable bonds is 8. The molecule has 1 aromatic rings. The molecule has 0 aromatic heterocycles. The van der Waals surface area contributed by atoms with Gasteiger partial charge in [-0.1, -0.05) is 31.4 Å². The number of ether oxygens (including phenoxy) is 2. The lowest BCUT2D eigenvalue weighted by Gasteiger charge is -2.22. The fourth-order valence-electron chi connectivity index (χ4n) is 3.41. The van der Waals surface area contributed by atoms with Gasteiger partial charge in [0, 0.05) is 12.6 Å². The fraction of sp³-hybridized carbons (Fsp3) is 0.600. The van der Waals surface area contributed by atoms with Gasteiger partial charge >= 0.3 is 5.97 Å². The predicted octanol–water partition coefficient (Wildman–Crippen LogP) is 2.39. The zero-order valence-electron chi connectivity index (χ0n) is 16.0. The highest BCUT2D eigenvalue weighted by atomic mass is 16.6. The third-order valence-corrected chi connectivity index (χ3v) is 4.67. The van der Waals surface area contributed by atoms with Crippen LogP contribution in [0.3, 0.4) is 0 Å². The van der Waals surface area contributed by atoms with E-state index in [4.69, 9.17) is 4.74 Å². The summed E-state index contributed by atoms with van der Waals surface area (Å²) >= 11 is 0. The van der Waals surface area contributed by atoms with E-state index < -0.39 is 5.97 Å². The number of carbonyl (C=O) groups is 2. The second-order valence-electron chi connectivity index (χ2n) is 6.93. The summed E-state index contributed by atoms with van der Waals surface area (Å²) in [6.07, 6.45) is 5.89. The molecule has 1 saturated carbocycles. The minimum absolute atomic E-state index is 0.0587. The molecule has 0 aliphatic heterocycles. The van der Waals surface area contributed by atoms with E-state index >= 15 is 0 Å². The molecule has 6 heteroatoms. The number of esters is 1. The van der Waals surface area contributed by atoms with Gasteiger partial charge in [0.05, 0.1) is 13.7 Å². The molecule has 1 aliphatic rings. The van der Waals surface area contributed by atoms with Crippen molar-refractivity contribution >= 4 is 11.9 Å². The summed E-state index contributed by atoms with van der Waals surface area (Å²) in [7, 11) is 1.34. The number of amides is 1. The van der Waals surface area contributed by atoms with Crippen LogP contribution in [0, 0.1) is 13.8 Å². The molecule has 26 heavy (non-hydrogen) atoms. The minimum atomic E-state index is -0.404. The Kier molecular flexibility index (Phi) is 7.91. The van der Waals surface area contributed by atoms with Crippen molar-refractivity contribution < 1.29 is 19.1 Å². The Bertz CT molecular complexity index is 601. The molecular weight excluding hydrogens is 332 g/mol. The van der Waals surface area contributed by atoms with Crippen molar-refractivity contribution in [3.63, 3.8) is 0 Å². The van der Waals surface area contributed by atoms with Crippen molar-refractivity contribution in [3.05, 3.63) is 28.8 Å². The zero-order valence-corrected chi connectivity index (χ0v) is 16.0. The molecule has 2 N–H and O–H groups in total. The summed E-state index contributed by atoms with van der Waals surface area (Å²) in [5.74, 6) is 0.357.